The Kier molecular flexibility index (Phi) is 3.05. The molecule has 1 saturated carbocycles. The van der Waals surface area contributed by atoms with E-state index in [2.05, 4.69) is 0 Å². The Labute approximate surface area is 91.3 Å². The number of aliphatic hydroxyl groups excluding tert-OH is 1. The van der Waals surface area contributed by atoms with Crippen LogP contribution in [0.1, 0.15) is 32.1 Å². The average Bonchev–Trinajstić information content (AvgIpc) is 2.69. The summed E-state index contributed by atoms with van der Waals surface area (Å²) in [4.78, 5) is 0. The van der Waals surface area contributed by atoms with Crippen molar-refractivity contribution < 1.29 is 13.5 Å². The Morgan fingerprint density at radius 3 is 2.47 bits per heavy atom. The van der Waals surface area contributed by atoms with Crippen molar-refractivity contribution in [3.05, 3.63) is 0 Å². The van der Waals surface area contributed by atoms with Gasteiger partial charge in [0.1, 0.15) is 0 Å². The van der Waals surface area contributed by atoms with E-state index in [9.17, 15) is 13.5 Å². The number of sulfonamides is 1. The van der Waals surface area contributed by atoms with E-state index in [0.717, 1.165) is 32.1 Å². The van der Waals surface area contributed by atoms with Gasteiger partial charge in [-0.3, -0.25) is 0 Å². The molecule has 3 unspecified atom stereocenters. The van der Waals surface area contributed by atoms with Crippen molar-refractivity contribution in [2.45, 2.75) is 44.2 Å². The predicted molar refractivity (Wildman–Crippen MR) is 57.9 cm³/mol. The summed E-state index contributed by atoms with van der Waals surface area (Å²) in [7, 11) is -3.09. The minimum atomic E-state index is -3.09. The van der Waals surface area contributed by atoms with Crippen LogP contribution in [0.2, 0.25) is 0 Å². The lowest BCUT2D eigenvalue weighted by Gasteiger charge is -2.29. The molecule has 1 saturated heterocycles. The lowest BCUT2D eigenvalue weighted by molar-refractivity contribution is 0.0976. The molecule has 1 heterocycles. The fourth-order valence-corrected chi connectivity index (χ4v) is 4.24. The summed E-state index contributed by atoms with van der Waals surface area (Å²) in [6.07, 6.45) is 5.65. The molecule has 0 amide bonds. The number of hydrogen-bond donors (Lipinski definition) is 1. The first-order valence-corrected chi connectivity index (χ1v) is 7.50. The van der Waals surface area contributed by atoms with Crippen LogP contribution in [0.5, 0.6) is 0 Å². The van der Waals surface area contributed by atoms with Gasteiger partial charge >= 0.3 is 0 Å². The van der Waals surface area contributed by atoms with Gasteiger partial charge in [-0.2, -0.15) is 4.31 Å². The average molecular weight is 233 g/mol. The molecule has 1 N–H and O–H groups in total. The van der Waals surface area contributed by atoms with Gasteiger partial charge in [-0.1, -0.05) is 6.42 Å². The first-order valence-electron chi connectivity index (χ1n) is 5.65. The highest BCUT2D eigenvalue weighted by Gasteiger charge is 2.41. The summed E-state index contributed by atoms with van der Waals surface area (Å²) in [6.45, 7) is 0.632. The SMILES string of the molecule is CS(=O)(=O)N1CCCC1C1CCCC1O. The highest BCUT2D eigenvalue weighted by Crippen LogP contribution is 2.36. The van der Waals surface area contributed by atoms with Gasteiger partial charge in [-0.05, 0) is 25.7 Å². The van der Waals surface area contributed by atoms with Crippen molar-refractivity contribution in [2.24, 2.45) is 5.92 Å². The Hall–Kier alpha value is -0.130. The van der Waals surface area contributed by atoms with Crippen LogP contribution in [0.25, 0.3) is 0 Å². The molecule has 0 aromatic rings. The molecule has 4 nitrogen and oxygen atoms in total. The van der Waals surface area contributed by atoms with Crippen molar-refractivity contribution in [1.29, 1.82) is 0 Å². The molecule has 2 rings (SSSR count). The quantitative estimate of drug-likeness (QED) is 0.758. The number of aliphatic hydroxyl groups is 1. The summed E-state index contributed by atoms with van der Waals surface area (Å²) in [6, 6.07) is 0.0532. The molecule has 0 radical (unpaired) electrons. The second-order valence-electron chi connectivity index (χ2n) is 4.75. The van der Waals surface area contributed by atoms with Crippen molar-refractivity contribution >= 4 is 10.0 Å². The molecule has 3 atom stereocenters. The predicted octanol–water partition coefficient (Wildman–Crippen LogP) is 0.571. The Morgan fingerprint density at radius 1 is 1.20 bits per heavy atom. The third-order valence-electron chi connectivity index (χ3n) is 3.70. The zero-order valence-electron chi connectivity index (χ0n) is 9.09. The Morgan fingerprint density at radius 2 is 1.93 bits per heavy atom. The second-order valence-corrected chi connectivity index (χ2v) is 6.68. The fraction of sp³-hybridized carbons (Fsp3) is 1.00. The third-order valence-corrected chi connectivity index (χ3v) is 5.01. The molecule has 0 spiro atoms. The van der Waals surface area contributed by atoms with Gasteiger partial charge in [0, 0.05) is 18.5 Å². The summed E-state index contributed by atoms with van der Waals surface area (Å²) < 4.78 is 24.7. The largest absolute Gasteiger partial charge is 0.393 e. The van der Waals surface area contributed by atoms with Crippen LogP contribution in [0, 0.1) is 5.92 Å². The van der Waals surface area contributed by atoms with Crippen molar-refractivity contribution in [3.63, 3.8) is 0 Å². The van der Waals surface area contributed by atoms with Gasteiger partial charge in [0.15, 0.2) is 0 Å². The smallest absolute Gasteiger partial charge is 0.211 e. The fourth-order valence-electron chi connectivity index (χ4n) is 3.02. The maximum Gasteiger partial charge on any atom is 0.211 e. The maximum atomic E-state index is 11.6. The Bertz CT molecular complexity index is 328. The minimum absolute atomic E-state index is 0.0532. The molecule has 2 aliphatic rings. The van der Waals surface area contributed by atoms with Gasteiger partial charge in [-0.25, -0.2) is 8.42 Å². The minimum Gasteiger partial charge on any atom is -0.393 e. The van der Waals surface area contributed by atoms with E-state index < -0.39 is 10.0 Å². The third kappa shape index (κ3) is 2.19. The molecule has 1 aliphatic heterocycles. The van der Waals surface area contributed by atoms with Gasteiger partial charge in [-0.15, -0.1) is 0 Å². The standard InChI is InChI=1S/C10H19NO3S/c1-15(13,14)11-7-3-5-9(11)8-4-2-6-10(8)12/h8-10,12H,2-7H2,1H3. The highest BCUT2D eigenvalue weighted by molar-refractivity contribution is 7.88. The van der Waals surface area contributed by atoms with E-state index in [1.54, 1.807) is 4.31 Å². The monoisotopic (exact) mass is 233 g/mol. The molecule has 0 aromatic carbocycles. The summed E-state index contributed by atoms with van der Waals surface area (Å²) >= 11 is 0. The van der Waals surface area contributed by atoms with Crippen LogP contribution >= 0.6 is 0 Å². The topological polar surface area (TPSA) is 57.6 Å². The van der Waals surface area contributed by atoms with Crippen LogP contribution in [-0.2, 0) is 10.0 Å². The summed E-state index contributed by atoms with van der Waals surface area (Å²) in [5, 5.41) is 9.81. The molecule has 15 heavy (non-hydrogen) atoms. The molecule has 0 aromatic heterocycles. The van der Waals surface area contributed by atoms with Crippen molar-refractivity contribution in [2.75, 3.05) is 12.8 Å². The van der Waals surface area contributed by atoms with E-state index in [1.807, 2.05) is 0 Å². The molecule has 2 fully saturated rings. The lowest BCUT2D eigenvalue weighted by Crippen LogP contribution is -2.41. The molecular weight excluding hydrogens is 214 g/mol. The zero-order chi connectivity index (χ0) is 11.1. The van der Waals surface area contributed by atoms with Crippen LogP contribution in [0.3, 0.4) is 0 Å². The van der Waals surface area contributed by atoms with Crippen molar-refractivity contribution in [1.82, 2.24) is 4.31 Å². The van der Waals surface area contributed by atoms with E-state index in [1.165, 1.54) is 6.26 Å². The van der Waals surface area contributed by atoms with Gasteiger partial charge < -0.3 is 5.11 Å². The van der Waals surface area contributed by atoms with E-state index in [0.29, 0.717) is 6.54 Å². The maximum absolute atomic E-state index is 11.6. The van der Waals surface area contributed by atoms with Crippen LogP contribution in [0.15, 0.2) is 0 Å². The molecule has 0 bridgehead atoms. The van der Waals surface area contributed by atoms with E-state index in [-0.39, 0.29) is 18.1 Å². The zero-order valence-corrected chi connectivity index (χ0v) is 9.91. The normalized spacial score (nSPS) is 38.7. The number of hydrogen-bond acceptors (Lipinski definition) is 3. The molecule has 1 aliphatic carbocycles. The molecule has 88 valence electrons. The van der Waals surface area contributed by atoms with Gasteiger partial charge in [0.25, 0.3) is 0 Å². The van der Waals surface area contributed by atoms with Crippen LogP contribution in [0.4, 0.5) is 0 Å². The summed E-state index contributed by atoms with van der Waals surface area (Å²) in [5.74, 6) is 0.169. The molecular formula is C10H19NO3S. The molecule has 5 heteroatoms. The van der Waals surface area contributed by atoms with Crippen LogP contribution < -0.4 is 0 Å². The van der Waals surface area contributed by atoms with Crippen LogP contribution in [-0.4, -0.2) is 42.8 Å². The number of rotatable bonds is 2. The summed E-state index contributed by atoms with van der Waals surface area (Å²) in [5.41, 5.74) is 0. The van der Waals surface area contributed by atoms with Gasteiger partial charge in [0.05, 0.1) is 12.4 Å². The highest BCUT2D eigenvalue weighted by atomic mass is 32.2. The number of nitrogens with zero attached hydrogens (tertiary/aromatic N) is 1. The van der Waals surface area contributed by atoms with E-state index >= 15 is 0 Å². The first kappa shape index (κ1) is 11.4. The Balaban J connectivity index is 2.14. The van der Waals surface area contributed by atoms with Gasteiger partial charge in [0.2, 0.25) is 10.0 Å². The van der Waals surface area contributed by atoms with Crippen molar-refractivity contribution in [3.8, 4) is 0 Å². The second kappa shape index (κ2) is 4.03. The lowest BCUT2D eigenvalue weighted by atomic mass is 9.95. The first-order chi connectivity index (χ1) is 7.00. The van der Waals surface area contributed by atoms with E-state index in [4.69, 9.17) is 0 Å².